The van der Waals surface area contributed by atoms with Crippen LogP contribution in [0.1, 0.15) is 16.7 Å². The van der Waals surface area contributed by atoms with E-state index in [1.807, 2.05) is 48.6 Å². The number of pyridine rings is 1. The van der Waals surface area contributed by atoms with Gasteiger partial charge in [-0.05, 0) is 34.9 Å². The zero-order valence-electron chi connectivity index (χ0n) is 10.2. The summed E-state index contributed by atoms with van der Waals surface area (Å²) in [6.45, 7) is 0. The normalized spacial score (nSPS) is 11.2. The minimum atomic E-state index is -0.943. The van der Waals surface area contributed by atoms with E-state index in [2.05, 4.69) is 4.98 Å². The van der Waals surface area contributed by atoms with Crippen molar-refractivity contribution in [1.82, 2.24) is 4.98 Å². The zero-order valence-corrected chi connectivity index (χ0v) is 10.2. The zero-order chi connectivity index (χ0) is 13.5. The summed E-state index contributed by atoms with van der Waals surface area (Å²) >= 11 is 0. The van der Waals surface area contributed by atoms with Crippen molar-refractivity contribution < 1.29 is 9.90 Å². The maximum atomic E-state index is 10.4. The SMILES string of the molecule is O=C(O)/C=C/c1ccc(C=Cc2ccncc2)cc1. The molecule has 0 bridgehead atoms. The molecular weight excluding hydrogens is 238 g/mol. The van der Waals surface area contributed by atoms with Crippen LogP contribution in [0.25, 0.3) is 18.2 Å². The summed E-state index contributed by atoms with van der Waals surface area (Å²) in [4.78, 5) is 14.4. The summed E-state index contributed by atoms with van der Waals surface area (Å²) in [5, 5.41) is 8.54. The second-order valence-corrected chi connectivity index (χ2v) is 3.95. The number of carbonyl (C=O) groups is 1. The van der Waals surface area contributed by atoms with Gasteiger partial charge in [0.25, 0.3) is 0 Å². The summed E-state index contributed by atoms with van der Waals surface area (Å²) in [7, 11) is 0. The van der Waals surface area contributed by atoms with Crippen molar-refractivity contribution in [2.45, 2.75) is 0 Å². The van der Waals surface area contributed by atoms with Crippen molar-refractivity contribution in [3.05, 3.63) is 71.6 Å². The molecule has 0 fully saturated rings. The molecule has 0 spiro atoms. The number of nitrogens with zero attached hydrogens (tertiary/aromatic N) is 1. The number of aromatic nitrogens is 1. The topological polar surface area (TPSA) is 50.2 Å². The van der Waals surface area contributed by atoms with Crippen LogP contribution in [0.5, 0.6) is 0 Å². The van der Waals surface area contributed by atoms with Gasteiger partial charge < -0.3 is 5.11 Å². The van der Waals surface area contributed by atoms with Gasteiger partial charge in [0, 0.05) is 18.5 Å². The molecule has 0 atom stereocenters. The Balaban J connectivity index is 2.07. The Morgan fingerprint density at radius 3 is 1.84 bits per heavy atom. The molecule has 0 aliphatic carbocycles. The molecule has 0 saturated carbocycles. The van der Waals surface area contributed by atoms with E-state index < -0.39 is 5.97 Å². The van der Waals surface area contributed by atoms with Crippen LogP contribution in [0.3, 0.4) is 0 Å². The molecule has 0 aliphatic heterocycles. The average molecular weight is 251 g/mol. The molecule has 0 radical (unpaired) electrons. The highest BCUT2D eigenvalue weighted by atomic mass is 16.4. The Kier molecular flexibility index (Phi) is 4.24. The lowest BCUT2D eigenvalue weighted by Crippen LogP contribution is -1.85. The minimum absolute atomic E-state index is 0.864. The number of carboxylic acid groups (broad SMARTS) is 1. The first-order chi connectivity index (χ1) is 9.24. The molecule has 0 saturated heterocycles. The molecule has 94 valence electrons. The molecule has 1 heterocycles. The number of rotatable bonds is 4. The van der Waals surface area contributed by atoms with E-state index in [-0.39, 0.29) is 0 Å². The lowest BCUT2D eigenvalue weighted by molar-refractivity contribution is -0.131. The highest BCUT2D eigenvalue weighted by Gasteiger charge is 1.91. The van der Waals surface area contributed by atoms with Crippen molar-refractivity contribution in [1.29, 1.82) is 0 Å². The molecular formula is C16H13NO2. The smallest absolute Gasteiger partial charge is 0.328 e. The van der Waals surface area contributed by atoms with Crippen molar-refractivity contribution in [3.63, 3.8) is 0 Å². The first-order valence-corrected chi connectivity index (χ1v) is 5.83. The molecule has 2 aromatic rings. The first kappa shape index (κ1) is 12.8. The second kappa shape index (κ2) is 6.31. The Hall–Kier alpha value is -2.68. The molecule has 0 unspecified atom stereocenters. The monoisotopic (exact) mass is 251 g/mol. The van der Waals surface area contributed by atoms with Crippen molar-refractivity contribution in [2.24, 2.45) is 0 Å². The van der Waals surface area contributed by atoms with E-state index in [0.29, 0.717) is 0 Å². The van der Waals surface area contributed by atoms with Crippen LogP contribution in [-0.2, 0) is 4.79 Å². The van der Waals surface area contributed by atoms with E-state index >= 15 is 0 Å². The van der Waals surface area contributed by atoms with E-state index in [9.17, 15) is 4.79 Å². The average Bonchev–Trinajstić information content (AvgIpc) is 2.45. The van der Waals surface area contributed by atoms with Gasteiger partial charge in [-0.15, -0.1) is 0 Å². The lowest BCUT2D eigenvalue weighted by atomic mass is 10.1. The van der Waals surface area contributed by atoms with E-state index in [4.69, 9.17) is 5.11 Å². The predicted molar refractivity (Wildman–Crippen MR) is 76.3 cm³/mol. The number of hydrogen-bond acceptors (Lipinski definition) is 2. The fourth-order valence-corrected chi connectivity index (χ4v) is 1.55. The van der Waals surface area contributed by atoms with E-state index in [0.717, 1.165) is 22.8 Å². The molecule has 19 heavy (non-hydrogen) atoms. The summed E-state index contributed by atoms with van der Waals surface area (Å²) in [6, 6.07) is 11.5. The highest BCUT2D eigenvalue weighted by molar-refractivity contribution is 5.85. The maximum absolute atomic E-state index is 10.4. The quantitative estimate of drug-likeness (QED) is 0.848. The van der Waals surface area contributed by atoms with Gasteiger partial charge in [-0.1, -0.05) is 36.4 Å². The summed E-state index contributed by atoms with van der Waals surface area (Å²) in [5.74, 6) is -0.943. The Labute approximate surface area is 111 Å². The van der Waals surface area contributed by atoms with E-state index in [1.165, 1.54) is 0 Å². The Morgan fingerprint density at radius 2 is 1.32 bits per heavy atom. The van der Waals surface area contributed by atoms with E-state index in [1.54, 1.807) is 18.5 Å². The molecule has 2 rings (SSSR count). The third-order valence-electron chi connectivity index (χ3n) is 2.53. The molecule has 1 N–H and O–H groups in total. The second-order valence-electron chi connectivity index (χ2n) is 3.95. The number of hydrogen-bond donors (Lipinski definition) is 1. The molecule has 3 nitrogen and oxygen atoms in total. The molecule has 0 aliphatic rings. The number of aliphatic carboxylic acids is 1. The Morgan fingerprint density at radius 1 is 0.842 bits per heavy atom. The third-order valence-corrected chi connectivity index (χ3v) is 2.53. The Bertz CT molecular complexity index is 598. The minimum Gasteiger partial charge on any atom is -0.478 e. The van der Waals surface area contributed by atoms with Crippen LogP contribution in [0.2, 0.25) is 0 Å². The predicted octanol–water partition coefficient (Wildman–Crippen LogP) is 3.35. The molecule has 0 amide bonds. The highest BCUT2D eigenvalue weighted by Crippen LogP contribution is 2.10. The summed E-state index contributed by atoms with van der Waals surface area (Å²) < 4.78 is 0. The first-order valence-electron chi connectivity index (χ1n) is 5.83. The van der Waals surface area contributed by atoms with Crippen LogP contribution in [0.4, 0.5) is 0 Å². The van der Waals surface area contributed by atoms with Gasteiger partial charge in [-0.25, -0.2) is 4.79 Å². The largest absolute Gasteiger partial charge is 0.478 e. The van der Waals surface area contributed by atoms with Gasteiger partial charge in [0.2, 0.25) is 0 Å². The van der Waals surface area contributed by atoms with Gasteiger partial charge >= 0.3 is 5.97 Å². The van der Waals surface area contributed by atoms with Gasteiger partial charge in [0.1, 0.15) is 0 Å². The fourth-order valence-electron chi connectivity index (χ4n) is 1.55. The van der Waals surface area contributed by atoms with Crippen LogP contribution < -0.4 is 0 Å². The van der Waals surface area contributed by atoms with Gasteiger partial charge in [-0.2, -0.15) is 0 Å². The molecule has 1 aromatic carbocycles. The fraction of sp³-hybridized carbons (Fsp3) is 0. The molecule has 1 aromatic heterocycles. The van der Waals surface area contributed by atoms with Gasteiger partial charge in [0.15, 0.2) is 0 Å². The van der Waals surface area contributed by atoms with Crippen molar-refractivity contribution in [2.75, 3.05) is 0 Å². The van der Waals surface area contributed by atoms with Crippen molar-refractivity contribution >= 4 is 24.2 Å². The van der Waals surface area contributed by atoms with Gasteiger partial charge in [0.05, 0.1) is 0 Å². The number of benzene rings is 1. The van der Waals surface area contributed by atoms with Crippen molar-refractivity contribution in [3.8, 4) is 0 Å². The maximum Gasteiger partial charge on any atom is 0.328 e. The number of carboxylic acids is 1. The van der Waals surface area contributed by atoms with Crippen LogP contribution in [0.15, 0.2) is 54.9 Å². The summed E-state index contributed by atoms with van der Waals surface area (Å²) in [5.41, 5.74) is 3.01. The molecule has 3 heteroatoms. The lowest BCUT2D eigenvalue weighted by Gasteiger charge is -1.96. The van der Waals surface area contributed by atoms with Crippen LogP contribution in [-0.4, -0.2) is 16.1 Å². The standard InChI is InChI=1S/C16H13NO2/c18-16(19)8-7-14-3-1-13(2-4-14)5-6-15-9-11-17-12-10-15/h1-12H,(H,18,19)/b6-5?,8-7+. The van der Waals surface area contributed by atoms with Gasteiger partial charge in [-0.3, -0.25) is 4.98 Å². The van der Waals surface area contributed by atoms with Crippen LogP contribution in [0, 0.1) is 0 Å². The third kappa shape index (κ3) is 4.24. The summed E-state index contributed by atoms with van der Waals surface area (Å²) in [6.07, 6.45) is 10.2. The van der Waals surface area contributed by atoms with Crippen LogP contribution >= 0.6 is 0 Å².